The van der Waals surface area contributed by atoms with Gasteiger partial charge in [-0.05, 0) is 49.6 Å². The fourth-order valence-electron chi connectivity index (χ4n) is 4.56. The van der Waals surface area contributed by atoms with Crippen molar-refractivity contribution in [2.45, 2.75) is 39.2 Å². The summed E-state index contributed by atoms with van der Waals surface area (Å²) in [5.74, 6) is -1.59. The number of hydrogen-bond acceptors (Lipinski definition) is 6. The summed E-state index contributed by atoms with van der Waals surface area (Å²) in [6.07, 6.45) is 4.75. The predicted octanol–water partition coefficient (Wildman–Crippen LogP) is 6.64. The van der Waals surface area contributed by atoms with Gasteiger partial charge in [0.25, 0.3) is 5.91 Å². The van der Waals surface area contributed by atoms with Crippen molar-refractivity contribution in [3.05, 3.63) is 112 Å². The highest BCUT2D eigenvalue weighted by Gasteiger charge is 2.46. The highest BCUT2D eigenvalue weighted by Crippen LogP contribution is 2.42. The van der Waals surface area contributed by atoms with Crippen molar-refractivity contribution < 1.29 is 14.7 Å². The number of aliphatic hydroxyl groups excluding tert-OH is 1. The van der Waals surface area contributed by atoms with Crippen LogP contribution in [0.15, 0.2) is 90.3 Å². The van der Waals surface area contributed by atoms with Gasteiger partial charge in [-0.3, -0.25) is 19.5 Å². The predicted molar refractivity (Wildman–Crippen MR) is 146 cm³/mol. The van der Waals surface area contributed by atoms with Gasteiger partial charge in [-0.25, -0.2) is 4.98 Å². The Morgan fingerprint density at radius 3 is 2.43 bits per heavy atom. The molecule has 1 amide bonds. The van der Waals surface area contributed by atoms with E-state index < -0.39 is 23.5 Å². The second kappa shape index (κ2) is 10.5. The molecule has 0 saturated heterocycles. The summed E-state index contributed by atoms with van der Waals surface area (Å²) in [5.41, 5.74) is 3.76. The van der Waals surface area contributed by atoms with Crippen LogP contribution < -0.4 is 4.90 Å². The number of aliphatic hydroxyl groups is 1. The Morgan fingerprint density at radius 2 is 1.76 bits per heavy atom. The molecule has 186 valence electrons. The molecule has 7 heteroatoms. The molecule has 1 aliphatic rings. The minimum atomic E-state index is -0.857. The largest absolute Gasteiger partial charge is 0.503 e. The molecular weight excluding hydrogens is 482 g/mol. The summed E-state index contributed by atoms with van der Waals surface area (Å²) in [5, 5.41) is 11.8. The van der Waals surface area contributed by atoms with Gasteiger partial charge in [-0.1, -0.05) is 61.9 Å². The number of unbranched alkanes of at least 4 members (excludes halogenated alkanes) is 1. The molecule has 0 saturated carbocycles. The van der Waals surface area contributed by atoms with Gasteiger partial charge in [-0.15, -0.1) is 11.3 Å². The van der Waals surface area contributed by atoms with Crippen molar-refractivity contribution >= 4 is 28.7 Å². The molecule has 0 bridgehead atoms. The van der Waals surface area contributed by atoms with Crippen molar-refractivity contribution in [2.24, 2.45) is 0 Å². The Morgan fingerprint density at radius 1 is 1.03 bits per heavy atom. The lowest BCUT2D eigenvalue weighted by atomic mass is 9.98. The van der Waals surface area contributed by atoms with Gasteiger partial charge >= 0.3 is 0 Å². The Balaban J connectivity index is 1.56. The normalized spacial score (nSPS) is 15.5. The number of anilines is 1. The first-order valence-corrected chi connectivity index (χ1v) is 13.1. The van der Waals surface area contributed by atoms with E-state index in [4.69, 9.17) is 0 Å². The van der Waals surface area contributed by atoms with Gasteiger partial charge in [-0.2, -0.15) is 0 Å². The van der Waals surface area contributed by atoms with Crippen molar-refractivity contribution in [3.63, 3.8) is 0 Å². The maximum Gasteiger partial charge on any atom is 0.294 e. The van der Waals surface area contributed by atoms with Gasteiger partial charge in [0, 0.05) is 17.4 Å². The summed E-state index contributed by atoms with van der Waals surface area (Å²) >= 11 is 1.26. The van der Waals surface area contributed by atoms with Gasteiger partial charge < -0.3 is 5.11 Å². The SMILES string of the molecule is CCCCc1ccc(N2C(=O)C(O)=C(C(=O)c3sc(-c4ccccc4)nc3C)C2c2ccccn2)cc1. The maximum atomic E-state index is 13.9. The molecule has 3 heterocycles. The first-order chi connectivity index (χ1) is 18.0. The molecule has 5 rings (SSSR count). The number of aromatic nitrogens is 2. The summed E-state index contributed by atoms with van der Waals surface area (Å²) in [6.45, 7) is 3.92. The second-order valence-corrected chi connectivity index (χ2v) is 9.99. The maximum absolute atomic E-state index is 13.9. The van der Waals surface area contributed by atoms with E-state index >= 15 is 0 Å². The van der Waals surface area contributed by atoms with E-state index in [1.54, 1.807) is 25.3 Å². The molecule has 37 heavy (non-hydrogen) atoms. The second-order valence-electron chi connectivity index (χ2n) is 8.99. The zero-order valence-corrected chi connectivity index (χ0v) is 21.5. The van der Waals surface area contributed by atoms with Crippen LogP contribution >= 0.6 is 11.3 Å². The van der Waals surface area contributed by atoms with Crippen LogP contribution in [-0.2, 0) is 11.2 Å². The van der Waals surface area contributed by atoms with E-state index in [0.717, 1.165) is 24.8 Å². The zero-order chi connectivity index (χ0) is 25.9. The third-order valence-electron chi connectivity index (χ3n) is 6.48. The Kier molecular flexibility index (Phi) is 6.97. The van der Waals surface area contributed by atoms with E-state index in [-0.39, 0.29) is 5.57 Å². The first-order valence-electron chi connectivity index (χ1n) is 12.3. The molecule has 2 aromatic carbocycles. The van der Waals surface area contributed by atoms with Crippen LogP contribution in [0, 0.1) is 6.92 Å². The van der Waals surface area contributed by atoms with E-state index in [9.17, 15) is 14.7 Å². The number of carbonyl (C=O) groups excluding carboxylic acids is 2. The summed E-state index contributed by atoms with van der Waals surface area (Å²) in [6, 6.07) is 21.8. The summed E-state index contributed by atoms with van der Waals surface area (Å²) < 4.78 is 0. The number of benzene rings is 2. The number of carbonyl (C=O) groups is 2. The van der Waals surface area contributed by atoms with Gasteiger partial charge in [0.05, 0.1) is 21.8 Å². The molecule has 1 unspecified atom stereocenters. The van der Waals surface area contributed by atoms with Gasteiger partial charge in [0.15, 0.2) is 5.76 Å². The lowest BCUT2D eigenvalue weighted by molar-refractivity contribution is -0.117. The van der Waals surface area contributed by atoms with E-state index in [2.05, 4.69) is 16.9 Å². The van der Waals surface area contributed by atoms with E-state index in [1.807, 2.05) is 60.7 Å². The molecule has 4 aromatic rings. The lowest BCUT2D eigenvalue weighted by Gasteiger charge is -2.26. The topological polar surface area (TPSA) is 83.4 Å². The number of amides is 1. The minimum Gasteiger partial charge on any atom is -0.503 e. The number of nitrogens with zero attached hydrogens (tertiary/aromatic N) is 3. The molecule has 2 aromatic heterocycles. The van der Waals surface area contributed by atoms with Crippen LogP contribution in [0.4, 0.5) is 5.69 Å². The third kappa shape index (κ3) is 4.70. The zero-order valence-electron chi connectivity index (χ0n) is 20.7. The van der Waals surface area contributed by atoms with Crippen LogP contribution in [-0.4, -0.2) is 26.8 Å². The Labute approximate surface area is 220 Å². The van der Waals surface area contributed by atoms with Crippen molar-refractivity contribution in [2.75, 3.05) is 4.90 Å². The molecule has 6 nitrogen and oxygen atoms in total. The Hall–Kier alpha value is -4.10. The molecule has 0 spiro atoms. The average molecular weight is 510 g/mol. The monoisotopic (exact) mass is 509 g/mol. The average Bonchev–Trinajstić information content (AvgIpc) is 3.45. The molecule has 1 N–H and O–H groups in total. The number of Topliss-reactive ketones (excluding diaryl/α,β-unsaturated/α-hetero) is 1. The molecule has 0 fully saturated rings. The van der Waals surface area contributed by atoms with E-state index in [0.29, 0.717) is 27.0 Å². The van der Waals surface area contributed by atoms with Gasteiger partial charge in [0.2, 0.25) is 5.78 Å². The molecule has 0 radical (unpaired) electrons. The number of thiazole rings is 1. The first kappa shape index (κ1) is 24.6. The Bertz CT molecular complexity index is 1460. The quantitative estimate of drug-likeness (QED) is 0.269. The third-order valence-corrected chi connectivity index (χ3v) is 7.68. The standard InChI is InChI=1S/C30H27N3O3S/c1-3-4-10-20-14-16-22(17-15-20)33-25(23-13-8-9-18-31-23)24(27(35)30(33)36)26(34)28-19(2)32-29(37-28)21-11-6-5-7-12-21/h5-9,11-18,25,35H,3-4,10H2,1-2H3. The fourth-order valence-corrected chi connectivity index (χ4v) is 5.58. The molecule has 1 aliphatic heterocycles. The number of pyridine rings is 1. The highest BCUT2D eigenvalue weighted by molar-refractivity contribution is 7.17. The fraction of sp³-hybridized carbons (Fsp3) is 0.200. The van der Waals surface area contributed by atoms with Crippen molar-refractivity contribution in [3.8, 4) is 10.6 Å². The van der Waals surface area contributed by atoms with Crippen LogP contribution in [0.25, 0.3) is 10.6 Å². The minimum absolute atomic E-state index is 0.0186. The lowest BCUT2D eigenvalue weighted by Crippen LogP contribution is -2.31. The number of ketones is 1. The number of hydrogen-bond donors (Lipinski definition) is 1. The number of rotatable bonds is 8. The molecule has 0 aliphatic carbocycles. The van der Waals surface area contributed by atoms with Gasteiger partial charge in [0.1, 0.15) is 11.0 Å². The summed E-state index contributed by atoms with van der Waals surface area (Å²) in [7, 11) is 0. The van der Waals surface area contributed by atoms with Crippen LogP contribution in [0.5, 0.6) is 0 Å². The summed E-state index contributed by atoms with van der Waals surface area (Å²) in [4.78, 5) is 38.3. The van der Waals surface area contributed by atoms with Crippen molar-refractivity contribution in [1.82, 2.24) is 9.97 Å². The smallest absolute Gasteiger partial charge is 0.294 e. The molecule has 1 atom stereocenters. The van der Waals surface area contributed by atoms with E-state index in [1.165, 1.54) is 21.8 Å². The van der Waals surface area contributed by atoms with Crippen molar-refractivity contribution in [1.29, 1.82) is 0 Å². The molecular formula is C30H27N3O3S. The number of aryl methyl sites for hydroxylation is 2. The van der Waals surface area contributed by atoms with Crippen LogP contribution in [0.2, 0.25) is 0 Å². The highest BCUT2D eigenvalue weighted by atomic mass is 32.1. The van der Waals surface area contributed by atoms with Crippen LogP contribution in [0.1, 0.15) is 52.4 Å². The van der Waals surface area contributed by atoms with Crippen LogP contribution in [0.3, 0.4) is 0 Å².